The lowest BCUT2D eigenvalue weighted by Gasteiger charge is -2.23. The molecule has 1 unspecified atom stereocenters. The van der Waals surface area contributed by atoms with Gasteiger partial charge >= 0.3 is 0 Å². The quantitative estimate of drug-likeness (QED) is 0.695. The van der Waals surface area contributed by atoms with Crippen molar-refractivity contribution in [2.75, 3.05) is 25.1 Å². The third-order valence-electron chi connectivity index (χ3n) is 4.31. The summed E-state index contributed by atoms with van der Waals surface area (Å²) in [5.41, 5.74) is 3.81. The van der Waals surface area contributed by atoms with Crippen LogP contribution in [-0.2, 0) is 9.53 Å². The van der Waals surface area contributed by atoms with Crippen molar-refractivity contribution in [1.29, 1.82) is 0 Å². The summed E-state index contributed by atoms with van der Waals surface area (Å²) in [4.78, 5) is 16.6. The molecule has 0 bridgehead atoms. The van der Waals surface area contributed by atoms with E-state index in [9.17, 15) is 4.79 Å². The highest BCUT2D eigenvalue weighted by molar-refractivity contribution is 5.91. The smallest absolute Gasteiger partial charge is 0.226 e. The van der Waals surface area contributed by atoms with Crippen molar-refractivity contribution in [3.8, 4) is 5.69 Å². The van der Waals surface area contributed by atoms with Gasteiger partial charge in [0.25, 0.3) is 0 Å². The summed E-state index contributed by atoms with van der Waals surface area (Å²) in [7, 11) is 0. The van der Waals surface area contributed by atoms with E-state index >= 15 is 0 Å². The minimum atomic E-state index is -0.0103. The van der Waals surface area contributed by atoms with Crippen LogP contribution in [0.15, 0.2) is 54.9 Å². The van der Waals surface area contributed by atoms with Crippen molar-refractivity contribution in [3.63, 3.8) is 0 Å². The Morgan fingerprint density at radius 2 is 1.96 bits per heavy atom. The fourth-order valence-corrected chi connectivity index (χ4v) is 3.06. The maximum absolute atomic E-state index is 12.1. The number of carbonyl (C=O) groups is 1. The van der Waals surface area contributed by atoms with E-state index in [1.165, 1.54) is 0 Å². The van der Waals surface area contributed by atoms with E-state index in [0.29, 0.717) is 19.6 Å². The number of imidazole rings is 1. The average Bonchev–Trinajstić information content (AvgIpc) is 3.07. The van der Waals surface area contributed by atoms with Gasteiger partial charge in [0.15, 0.2) is 0 Å². The molecule has 1 amide bonds. The van der Waals surface area contributed by atoms with Gasteiger partial charge in [-0.2, -0.15) is 0 Å². The number of amides is 1. The summed E-state index contributed by atoms with van der Waals surface area (Å²) in [6, 6.07) is 15.9. The molecule has 3 aromatic rings. The van der Waals surface area contributed by atoms with Gasteiger partial charge in [-0.1, -0.05) is 12.1 Å². The zero-order chi connectivity index (χ0) is 17.1. The molecule has 0 spiro atoms. The summed E-state index contributed by atoms with van der Waals surface area (Å²) in [5.74, 6) is -0.0103. The Morgan fingerprint density at radius 1 is 1.19 bits per heavy atom. The number of morpholine rings is 1. The summed E-state index contributed by atoms with van der Waals surface area (Å²) in [5, 5.41) is 6.22. The zero-order valence-electron chi connectivity index (χ0n) is 14.6. The number of ether oxygens (including phenoxy) is 1. The van der Waals surface area contributed by atoms with Gasteiger partial charge in [-0.15, -0.1) is 24.8 Å². The number of fused-ring (bicyclic) bond motifs is 1. The number of anilines is 1. The Balaban J connectivity index is 0.00000131. The van der Waals surface area contributed by atoms with E-state index < -0.39 is 0 Å². The summed E-state index contributed by atoms with van der Waals surface area (Å²) >= 11 is 0. The molecule has 2 aromatic carbocycles. The lowest BCUT2D eigenvalue weighted by Crippen LogP contribution is -2.43. The summed E-state index contributed by atoms with van der Waals surface area (Å²) < 4.78 is 7.41. The van der Waals surface area contributed by atoms with E-state index in [1.807, 2.05) is 59.4 Å². The fraction of sp³-hybridized carbons (Fsp3) is 0.263. The van der Waals surface area contributed by atoms with Gasteiger partial charge in [0.2, 0.25) is 5.91 Å². The monoisotopic (exact) mass is 408 g/mol. The molecular formula is C19H22Cl2N4O2. The lowest BCUT2D eigenvalue weighted by atomic mass is 10.2. The largest absolute Gasteiger partial charge is 0.378 e. The standard InChI is InChI=1S/C19H20N4O2.2ClH/c24-19(11-15-12-25-10-9-20-15)22-14-5-7-16(8-6-14)23-13-21-17-3-1-2-4-18(17)23;;/h1-8,13,15,20H,9-12H2,(H,22,24);2*1H. The number of para-hydroxylation sites is 2. The Hall–Kier alpha value is -2.12. The molecule has 1 aliphatic rings. The molecule has 27 heavy (non-hydrogen) atoms. The SMILES string of the molecule is Cl.Cl.O=C(CC1COCCN1)Nc1ccc(-n2cnc3ccccc32)cc1. The zero-order valence-corrected chi connectivity index (χ0v) is 16.3. The Morgan fingerprint density at radius 3 is 2.70 bits per heavy atom. The highest BCUT2D eigenvalue weighted by Gasteiger charge is 2.16. The highest BCUT2D eigenvalue weighted by Crippen LogP contribution is 2.19. The van der Waals surface area contributed by atoms with Gasteiger partial charge < -0.3 is 15.4 Å². The molecule has 0 radical (unpaired) electrons. The predicted molar refractivity (Wildman–Crippen MR) is 111 cm³/mol. The number of hydrogen-bond acceptors (Lipinski definition) is 4. The Bertz CT molecular complexity index is 877. The van der Waals surface area contributed by atoms with E-state index in [0.717, 1.165) is 29.0 Å². The third-order valence-corrected chi connectivity index (χ3v) is 4.31. The van der Waals surface area contributed by atoms with Crippen LogP contribution in [0, 0.1) is 0 Å². The number of nitrogens with one attached hydrogen (secondary N) is 2. The number of aromatic nitrogens is 2. The first-order valence-corrected chi connectivity index (χ1v) is 8.43. The molecule has 6 nitrogen and oxygen atoms in total. The van der Waals surface area contributed by atoms with Crippen LogP contribution < -0.4 is 10.6 Å². The minimum absolute atomic E-state index is 0. The Kier molecular flexibility index (Phi) is 7.62. The van der Waals surface area contributed by atoms with Crippen LogP contribution in [0.2, 0.25) is 0 Å². The molecular weight excluding hydrogens is 387 g/mol. The Labute approximate surface area is 170 Å². The van der Waals surface area contributed by atoms with Gasteiger partial charge in [-0.3, -0.25) is 9.36 Å². The number of nitrogens with zero attached hydrogens (tertiary/aromatic N) is 2. The first kappa shape index (κ1) is 21.2. The molecule has 0 aliphatic carbocycles. The topological polar surface area (TPSA) is 68.2 Å². The van der Waals surface area contributed by atoms with Crippen molar-refractivity contribution >= 4 is 47.4 Å². The maximum atomic E-state index is 12.1. The first-order valence-electron chi connectivity index (χ1n) is 8.43. The van der Waals surface area contributed by atoms with Crippen LogP contribution in [0.1, 0.15) is 6.42 Å². The van der Waals surface area contributed by atoms with Crippen LogP contribution in [0.3, 0.4) is 0 Å². The number of carbonyl (C=O) groups excluding carboxylic acids is 1. The maximum Gasteiger partial charge on any atom is 0.226 e. The molecule has 1 aromatic heterocycles. The van der Waals surface area contributed by atoms with E-state index in [-0.39, 0.29) is 36.8 Å². The van der Waals surface area contributed by atoms with Crippen molar-refractivity contribution < 1.29 is 9.53 Å². The van der Waals surface area contributed by atoms with Gasteiger partial charge in [0.1, 0.15) is 6.33 Å². The number of hydrogen-bond donors (Lipinski definition) is 2. The number of benzene rings is 2. The van der Waals surface area contributed by atoms with Crippen LogP contribution in [-0.4, -0.2) is 41.3 Å². The molecule has 1 aliphatic heterocycles. The molecule has 2 heterocycles. The van der Waals surface area contributed by atoms with Crippen LogP contribution in [0.25, 0.3) is 16.7 Å². The van der Waals surface area contributed by atoms with E-state index in [1.54, 1.807) is 0 Å². The van der Waals surface area contributed by atoms with Gasteiger partial charge in [-0.25, -0.2) is 4.98 Å². The minimum Gasteiger partial charge on any atom is -0.378 e. The van der Waals surface area contributed by atoms with Gasteiger partial charge in [-0.05, 0) is 36.4 Å². The lowest BCUT2D eigenvalue weighted by molar-refractivity contribution is -0.117. The molecule has 2 N–H and O–H groups in total. The van der Waals surface area contributed by atoms with Gasteiger partial charge in [0, 0.05) is 30.4 Å². The van der Waals surface area contributed by atoms with Gasteiger partial charge in [0.05, 0.1) is 24.2 Å². The number of halogens is 2. The average molecular weight is 409 g/mol. The van der Waals surface area contributed by atoms with Crippen LogP contribution in [0.5, 0.6) is 0 Å². The second kappa shape index (κ2) is 9.71. The molecule has 8 heteroatoms. The second-order valence-corrected chi connectivity index (χ2v) is 6.13. The van der Waals surface area contributed by atoms with Crippen molar-refractivity contribution in [2.45, 2.75) is 12.5 Å². The molecule has 1 saturated heterocycles. The molecule has 1 atom stereocenters. The highest BCUT2D eigenvalue weighted by atomic mass is 35.5. The van der Waals surface area contributed by atoms with Crippen molar-refractivity contribution in [2.24, 2.45) is 0 Å². The molecule has 0 saturated carbocycles. The van der Waals surface area contributed by atoms with Crippen LogP contribution >= 0.6 is 24.8 Å². The van der Waals surface area contributed by atoms with Crippen molar-refractivity contribution in [1.82, 2.24) is 14.9 Å². The summed E-state index contributed by atoms with van der Waals surface area (Å²) in [6.45, 7) is 2.09. The summed E-state index contributed by atoms with van der Waals surface area (Å²) in [6.07, 6.45) is 2.22. The molecule has 144 valence electrons. The predicted octanol–water partition coefficient (Wildman–Crippen LogP) is 3.19. The fourth-order valence-electron chi connectivity index (χ4n) is 3.06. The number of rotatable bonds is 4. The normalized spacial score (nSPS) is 16.2. The van der Waals surface area contributed by atoms with Crippen molar-refractivity contribution in [3.05, 3.63) is 54.9 Å². The van der Waals surface area contributed by atoms with Crippen LogP contribution in [0.4, 0.5) is 5.69 Å². The van der Waals surface area contributed by atoms with E-state index in [2.05, 4.69) is 15.6 Å². The first-order chi connectivity index (χ1) is 12.3. The molecule has 1 fully saturated rings. The molecule has 4 rings (SSSR count). The van der Waals surface area contributed by atoms with E-state index in [4.69, 9.17) is 4.74 Å². The third kappa shape index (κ3) is 4.99. The second-order valence-electron chi connectivity index (χ2n) is 6.13.